The van der Waals surface area contributed by atoms with E-state index in [1.54, 1.807) is 0 Å². The van der Waals surface area contributed by atoms with Gasteiger partial charge < -0.3 is 4.74 Å². The lowest BCUT2D eigenvalue weighted by Crippen LogP contribution is -2.17. The van der Waals surface area contributed by atoms with Gasteiger partial charge in [0, 0.05) is 18.9 Å². The summed E-state index contributed by atoms with van der Waals surface area (Å²) in [5, 5.41) is 3.76. The average Bonchev–Trinajstić information content (AvgIpc) is 3.08. The van der Waals surface area contributed by atoms with E-state index >= 15 is 0 Å². The highest BCUT2D eigenvalue weighted by Gasteiger charge is 2.36. The highest BCUT2D eigenvalue weighted by molar-refractivity contribution is 5.94. The molecule has 3 rings (SSSR count). The van der Waals surface area contributed by atoms with E-state index in [0.717, 1.165) is 22.9 Å². The van der Waals surface area contributed by atoms with Crippen LogP contribution in [-0.4, -0.2) is 26.5 Å². The summed E-state index contributed by atoms with van der Waals surface area (Å²) in [4.78, 5) is 27.2. The van der Waals surface area contributed by atoms with Gasteiger partial charge in [-0.05, 0) is 24.6 Å². The standard InChI is InChI=1S/C16H12F3N3O3/c17-16(18,19)14-6-10(22-9-20-8-21-22)4-5-13(14)15(24)25-12-3-1-2-11(23)7-12/h4-9H,1-3H2. The number of hydrogen-bond donors (Lipinski definition) is 0. The van der Waals surface area contributed by atoms with Crippen LogP contribution in [0.5, 0.6) is 0 Å². The Hall–Kier alpha value is -2.97. The van der Waals surface area contributed by atoms with Gasteiger partial charge in [-0.2, -0.15) is 18.3 Å². The van der Waals surface area contributed by atoms with Crippen molar-refractivity contribution in [2.45, 2.75) is 25.4 Å². The molecule has 0 amide bonds. The summed E-state index contributed by atoms with van der Waals surface area (Å²) >= 11 is 0. The molecule has 0 fully saturated rings. The van der Waals surface area contributed by atoms with Gasteiger partial charge in [0.15, 0.2) is 5.78 Å². The summed E-state index contributed by atoms with van der Waals surface area (Å²) in [6.45, 7) is 0. The molecular formula is C16H12F3N3O3. The van der Waals surface area contributed by atoms with E-state index in [4.69, 9.17) is 4.74 Å². The molecule has 1 aliphatic rings. The molecule has 1 aromatic carbocycles. The van der Waals surface area contributed by atoms with Crippen molar-refractivity contribution in [3.63, 3.8) is 0 Å². The SMILES string of the molecule is O=C1C=C(OC(=O)c2ccc(-n3cncn3)cc2C(F)(F)F)CCC1. The van der Waals surface area contributed by atoms with Crippen LogP contribution < -0.4 is 0 Å². The highest BCUT2D eigenvalue weighted by Crippen LogP contribution is 2.34. The molecule has 0 spiro atoms. The smallest absolute Gasteiger partial charge is 0.417 e. The topological polar surface area (TPSA) is 74.1 Å². The molecule has 9 heteroatoms. The van der Waals surface area contributed by atoms with Crippen LogP contribution in [0, 0.1) is 0 Å². The predicted octanol–water partition coefficient (Wildman–Crippen LogP) is 3.08. The lowest BCUT2D eigenvalue weighted by atomic mass is 10.0. The third kappa shape index (κ3) is 3.76. The maximum absolute atomic E-state index is 13.3. The van der Waals surface area contributed by atoms with Crippen molar-refractivity contribution in [3.05, 3.63) is 53.8 Å². The molecule has 1 aliphatic carbocycles. The summed E-state index contributed by atoms with van der Waals surface area (Å²) in [5.41, 5.74) is -1.67. The zero-order valence-corrected chi connectivity index (χ0v) is 12.8. The zero-order chi connectivity index (χ0) is 18.0. The fourth-order valence-corrected chi connectivity index (χ4v) is 2.44. The van der Waals surface area contributed by atoms with Crippen molar-refractivity contribution in [2.24, 2.45) is 0 Å². The fraction of sp³-hybridized carbons (Fsp3) is 0.250. The number of ketones is 1. The molecular weight excluding hydrogens is 339 g/mol. The van der Waals surface area contributed by atoms with Gasteiger partial charge >= 0.3 is 12.1 Å². The van der Waals surface area contributed by atoms with Crippen molar-refractivity contribution >= 4 is 11.8 Å². The van der Waals surface area contributed by atoms with E-state index in [1.807, 2.05) is 0 Å². The molecule has 25 heavy (non-hydrogen) atoms. The summed E-state index contributed by atoms with van der Waals surface area (Å²) in [6, 6.07) is 3.12. The molecule has 2 aromatic rings. The number of ether oxygens (including phenoxy) is 1. The van der Waals surface area contributed by atoms with Crippen LogP contribution in [0.1, 0.15) is 35.2 Å². The second kappa shape index (κ2) is 6.50. The molecule has 6 nitrogen and oxygen atoms in total. The van der Waals surface area contributed by atoms with Crippen molar-refractivity contribution in [1.82, 2.24) is 14.8 Å². The Labute approximate surface area is 139 Å². The summed E-state index contributed by atoms with van der Waals surface area (Å²) in [7, 11) is 0. The molecule has 130 valence electrons. The van der Waals surface area contributed by atoms with Crippen LogP contribution >= 0.6 is 0 Å². The van der Waals surface area contributed by atoms with Crippen molar-refractivity contribution in [3.8, 4) is 5.69 Å². The van der Waals surface area contributed by atoms with Gasteiger partial charge in [-0.15, -0.1) is 0 Å². The maximum atomic E-state index is 13.3. The van der Waals surface area contributed by atoms with E-state index < -0.39 is 23.3 Å². The van der Waals surface area contributed by atoms with Gasteiger partial charge in [0.25, 0.3) is 0 Å². The van der Waals surface area contributed by atoms with Crippen LogP contribution in [0.2, 0.25) is 0 Å². The molecule has 0 N–H and O–H groups in total. The first kappa shape index (κ1) is 16.9. The first-order valence-electron chi connectivity index (χ1n) is 7.36. The Morgan fingerprint density at radius 3 is 2.68 bits per heavy atom. The third-order valence-corrected chi connectivity index (χ3v) is 3.60. The molecule has 1 heterocycles. The van der Waals surface area contributed by atoms with Gasteiger partial charge in [0.1, 0.15) is 18.4 Å². The van der Waals surface area contributed by atoms with Gasteiger partial charge in [-0.1, -0.05) is 0 Å². The Balaban J connectivity index is 1.95. The number of carbonyl (C=O) groups excluding carboxylic acids is 2. The number of carbonyl (C=O) groups is 2. The lowest BCUT2D eigenvalue weighted by Gasteiger charge is -2.16. The molecule has 0 radical (unpaired) electrons. The van der Waals surface area contributed by atoms with E-state index in [0.29, 0.717) is 19.3 Å². The van der Waals surface area contributed by atoms with Crippen LogP contribution in [-0.2, 0) is 15.7 Å². The first-order chi connectivity index (χ1) is 11.8. The van der Waals surface area contributed by atoms with Crippen LogP contribution in [0.3, 0.4) is 0 Å². The van der Waals surface area contributed by atoms with Crippen LogP contribution in [0.25, 0.3) is 5.69 Å². The molecule has 0 saturated heterocycles. The maximum Gasteiger partial charge on any atom is 0.417 e. The number of rotatable bonds is 3. The number of hydrogen-bond acceptors (Lipinski definition) is 5. The van der Waals surface area contributed by atoms with Crippen LogP contribution in [0.15, 0.2) is 42.7 Å². The molecule has 0 atom stereocenters. The molecule has 0 saturated carbocycles. The van der Waals surface area contributed by atoms with E-state index in [2.05, 4.69) is 10.1 Å². The number of benzene rings is 1. The van der Waals surface area contributed by atoms with E-state index in [-0.39, 0.29) is 17.2 Å². The van der Waals surface area contributed by atoms with Gasteiger partial charge in [0.2, 0.25) is 0 Å². The quantitative estimate of drug-likeness (QED) is 0.795. The highest BCUT2D eigenvalue weighted by atomic mass is 19.4. The fourth-order valence-electron chi connectivity index (χ4n) is 2.44. The Bertz CT molecular complexity index is 842. The Morgan fingerprint density at radius 1 is 1.24 bits per heavy atom. The predicted molar refractivity (Wildman–Crippen MR) is 78.7 cm³/mol. The number of nitrogens with zero attached hydrogens (tertiary/aromatic N) is 3. The minimum Gasteiger partial charge on any atom is -0.427 e. The zero-order valence-electron chi connectivity index (χ0n) is 12.8. The molecule has 0 bridgehead atoms. The average molecular weight is 351 g/mol. The van der Waals surface area contributed by atoms with E-state index in [9.17, 15) is 22.8 Å². The molecule has 0 unspecified atom stereocenters. The molecule has 0 aliphatic heterocycles. The van der Waals surface area contributed by atoms with Crippen molar-refractivity contribution in [2.75, 3.05) is 0 Å². The van der Waals surface area contributed by atoms with Gasteiger partial charge in [-0.25, -0.2) is 14.5 Å². The lowest BCUT2D eigenvalue weighted by molar-refractivity contribution is -0.138. The molecule has 1 aromatic heterocycles. The second-order valence-corrected chi connectivity index (χ2v) is 5.39. The Kier molecular flexibility index (Phi) is 4.39. The normalized spacial score (nSPS) is 15.0. The first-order valence-corrected chi connectivity index (χ1v) is 7.36. The monoisotopic (exact) mass is 351 g/mol. The number of aromatic nitrogens is 3. The van der Waals surface area contributed by atoms with Gasteiger partial charge in [0.05, 0.1) is 16.8 Å². The van der Waals surface area contributed by atoms with E-state index in [1.165, 1.54) is 18.7 Å². The third-order valence-electron chi connectivity index (χ3n) is 3.60. The van der Waals surface area contributed by atoms with Crippen molar-refractivity contribution < 1.29 is 27.5 Å². The summed E-state index contributed by atoms with van der Waals surface area (Å²) in [6.07, 6.45) is -0.0271. The summed E-state index contributed by atoms with van der Waals surface area (Å²) < 4.78 is 46.2. The van der Waals surface area contributed by atoms with Gasteiger partial charge in [-0.3, -0.25) is 4.79 Å². The second-order valence-electron chi connectivity index (χ2n) is 5.39. The number of esters is 1. The number of halogens is 3. The number of alkyl halides is 3. The van der Waals surface area contributed by atoms with Crippen molar-refractivity contribution in [1.29, 1.82) is 0 Å². The largest absolute Gasteiger partial charge is 0.427 e. The van der Waals surface area contributed by atoms with Crippen LogP contribution in [0.4, 0.5) is 13.2 Å². The summed E-state index contributed by atoms with van der Waals surface area (Å²) in [5.74, 6) is -1.29. The minimum absolute atomic E-state index is 0.0785. The Morgan fingerprint density at radius 2 is 2.04 bits per heavy atom. The number of allylic oxidation sites excluding steroid dienone is 2. The minimum atomic E-state index is -4.76.